The van der Waals surface area contributed by atoms with E-state index in [0.29, 0.717) is 6.04 Å². The summed E-state index contributed by atoms with van der Waals surface area (Å²) in [6, 6.07) is 6.98. The lowest BCUT2D eigenvalue weighted by Gasteiger charge is -2.30. The van der Waals surface area contributed by atoms with E-state index in [2.05, 4.69) is 49.1 Å². The lowest BCUT2D eigenvalue weighted by molar-refractivity contribution is 0.472. The number of thioether (sulfide) groups is 1. The Morgan fingerprint density at radius 2 is 2.26 bits per heavy atom. The average Bonchev–Trinajstić information content (AvgIpc) is 2.42. The second-order valence-electron chi connectivity index (χ2n) is 5.37. The van der Waals surface area contributed by atoms with E-state index in [4.69, 9.17) is 11.6 Å². The van der Waals surface area contributed by atoms with Gasteiger partial charge in [0.15, 0.2) is 0 Å². The Balaban J connectivity index is 2.06. The van der Waals surface area contributed by atoms with Crippen LogP contribution in [0.2, 0.25) is 5.02 Å². The van der Waals surface area contributed by atoms with Crippen molar-refractivity contribution in [3.05, 3.63) is 34.3 Å². The molecule has 0 spiro atoms. The molecule has 2 unspecified atom stereocenters. The molecule has 19 heavy (non-hydrogen) atoms. The zero-order valence-corrected chi connectivity index (χ0v) is 13.5. The van der Waals surface area contributed by atoms with Gasteiger partial charge in [-0.3, -0.25) is 0 Å². The summed E-state index contributed by atoms with van der Waals surface area (Å²) in [5.41, 5.74) is 2.52. The van der Waals surface area contributed by atoms with Crippen LogP contribution < -0.4 is 5.32 Å². The Labute approximate surface area is 126 Å². The smallest absolute Gasteiger partial charge is 0.0441 e. The topological polar surface area (TPSA) is 12.0 Å². The first kappa shape index (κ1) is 15.2. The molecule has 1 fully saturated rings. The van der Waals surface area contributed by atoms with Gasteiger partial charge in [0.1, 0.15) is 0 Å². The number of aryl methyl sites for hydroxylation is 1. The highest BCUT2D eigenvalue weighted by Crippen LogP contribution is 2.30. The van der Waals surface area contributed by atoms with Crippen molar-refractivity contribution in [3.63, 3.8) is 0 Å². The van der Waals surface area contributed by atoms with Crippen molar-refractivity contribution in [2.75, 3.05) is 12.3 Å². The molecule has 0 aliphatic carbocycles. The maximum absolute atomic E-state index is 6.38. The van der Waals surface area contributed by atoms with Crippen molar-refractivity contribution in [3.8, 4) is 0 Å². The van der Waals surface area contributed by atoms with Crippen LogP contribution in [0.15, 0.2) is 18.2 Å². The van der Waals surface area contributed by atoms with Crippen molar-refractivity contribution >= 4 is 23.4 Å². The lowest BCUT2D eigenvalue weighted by Crippen LogP contribution is -2.41. The molecular formula is C16H24ClNS. The fraction of sp³-hybridized carbons (Fsp3) is 0.625. The molecule has 2 atom stereocenters. The van der Waals surface area contributed by atoms with E-state index in [1.165, 1.54) is 36.1 Å². The first-order valence-corrected chi connectivity index (χ1v) is 8.73. The zero-order valence-electron chi connectivity index (χ0n) is 11.9. The molecule has 1 aromatic carbocycles. The van der Waals surface area contributed by atoms with Gasteiger partial charge in [-0.2, -0.15) is 11.8 Å². The summed E-state index contributed by atoms with van der Waals surface area (Å²) in [4.78, 5) is 0. The highest BCUT2D eigenvalue weighted by Gasteiger charge is 2.24. The second-order valence-corrected chi connectivity index (χ2v) is 7.12. The van der Waals surface area contributed by atoms with Crippen molar-refractivity contribution in [1.82, 2.24) is 5.32 Å². The van der Waals surface area contributed by atoms with Gasteiger partial charge in [0.2, 0.25) is 0 Å². The van der Waals surface area contributed by atoms with Gasteiger partial charge in [-0.15, -0.1) is 0 Å². The number of hydrogen-bond acceptors (Lipinski definition) is 2. The van der Waals surface area contributed by atoms with E-state index in [1.54, 1.807) is 0 Å². The summed E-state index contributed by atoms with van der Waals surface area (Å²) < 4.78 is 0. The average molecular weight is 298 g/mol. The Morgan fingerprint density at radius 3 is 2.89 bits per heavy atom. The Kier molecular flexibility index (Phi) is 6.06. The Morgan fingerprint density at radius 1 is 1.42 bits per heavy atom. The fourth-order valence-electron chi connectivity index (χ4n) is 2.74. The molecule has 0 radical (unpaired) electrons. The fourth-order valence-corrected chi connectivity index (χ4v) is 4.48. The third kappa shape index (κ3) is 4.40. The summed E-state index contributed by atoms with van der Waals surface area (Å²) >= 11 is 8.51. The molecule has 1 heterocycles. The van der Waals surface area contributed by atoms with Crippen molar-refractivity contribution < 1.29 is 0 Å². The van der Waals surface area contributed by atoms with Gasteiger partial charge in [-0.25, -0.2) is 0 Å². The number of nitrogens with one attached hydrogen (secondary N) is 1. The highest BCUT2D eigenvalue weighted by molar-refractivity contribution is 8.00. The molecule has 1 saturated heterocycles. The molecule has 1 aliphatic rings. The second kappa shape index (κ2) is 7.56. The van der Waals surface area contributed by atoms with Gasteiger partial charge in [0, 0.05) is 16.3 Å². The van der Waals surface area contributed by atoms with E-state index in [1.807, 2.05) is 0 Å². The van der Waals surface area contributed by atoms with Crippen LogP contribution in [-0.2, 0) is 6.42 Å². The number of benzene rings is 1. The third-order valence-electron chi connectivity index (χ3n) is 3.78. The van der Waals surface area contributed by atoms with Crippen LogP contribution in [0.4, 0.5) is 0 Å². The van der Waals surface area contributed by atoms with Gasteiger partial charge < -0.3 is 5.32 Å². The molecule has 0 bridgehead atoms. The van der Waals surface area contributed by atoms with Crippen LogP contribution in [0.1, 0.15) is 37.3 Å². The molecule has 1 aromatic rings. The molecule has 0 amide bonds. The monoisotopic (exact) mass is 297 g/mol. The van der Waals surface area contributed by atoms with Gasteiger partial charge >= 0.3 is 0 Å². The summed E-state index contributed by atoms with van der Waals surface area (Å²) in [6.07, 6.45) is 5.14. The van der Waals surface area contributed by atoms with Crippen LogP contribution in [0.3, 0.4) is 0 Å². The zero-order chi connectivity index (χ0) is 13.7. The van der Waals surface area contributed by atoms with Gasteiger partial charge in [0.25, 0.3) is 0 Å². The van der Waals surface area contributed by atoms with Crippen molar-refractivity contribution in [1.29, 1.82) is 0 Å². The van der Waals surface area contributed by atoms with Crippen LogP contribution >= 0.6 is 23.4 Å². The summed E-state index contributed by atoms with van der Waals surface area (Å²) in [6.45, 7) is 5.32. The predicted octanol–water partition coefficient (Wildman–Crippen LogP) is 4.45. The number of rotatable bonds is 5. The normalized spacial score (nSPS) is 21.3. The van der Waals surface area contributed by atoms with E-state index in [-0.39, 0.29) is 0 Å². The van der Waals surface area contributed by atoms with E-state index >= 15 is 0 Å². The van der Waals surface area contributed by atoms with E-state index in [9.17, 15) is 0 Å². The van der Waals surface area contributed by atoms with Crippen LogP contribution in [0.5, 0.6) is 0 Å². The van der Waals surface area contributed by atoms with Crippen molar-refractivity contribution in [2.24, 2.45) is 0 Å². The molecule has 106 valence electrons. The molecular weight excluding hydrogens is 274 g/mol. The summed E-state index contributed by atoms with van der Waals surface area (Å²) in [5.74, 6) is 1.31. The maximum atomic E-state index is 6.38. The minimum Gasteiger partial charge on any atom is -0.313 e. The van der Waals surface area contributed by atoms with Gasteiger partial charge in [-0.05, 0) is 55.7 Å². The summed E-state index contributed by atoms with van der Waals surface area (Å²) in [5, 5.41) is 5.33. The largest absolute Gasteiger partial charge is 0.313 e. The minimum absolute atomic E-state index is 0.551. The molecule has 1 N–H and O–H groups in total. The summed E-state index contributed by atoms with van der Waals surface area (Å²) in [7, 11) is 0. The first-order valence-electron chi connectivity index (χ1n) is 7.30. The number of halogens is 1. The van der Waals surface area contributed by atoms with Crippen LogP contribution in [0.25, 0.3) is 0 Å². The quantitative estimate of drug-likeness (QED) is 0.861. The Bertz CT molecular complexity index is 402. The number of hydrogen-bond donors (Lipinski definition) is 1. The SMILES string of the molecule is CCNC(Cc1ccc(C)cc1Cl)C1CCCCS1. The first-order chi connectivity index (χ1) is 9.20. The molecule has 0 saturated carbocycles. The highest BCUT2D eigenvalue weighted by atomic mass is 35.5. The van der Waals surface area contributed by atoms with Crippen molar-refractivity contribution in [2.45, 2.75) is 50.8 Å². The van der Waals surface area contributed by atoms with Gasteiger partial charge in [-0.1, -0.05) is 37.1 Å². The molecule has 1 nitrogen and oxygen atoms in total. The standard InChI is InChI=1S/C16H24ClNS/c1-3-18-15(16-6-4-5-9-19-16)11-13-8-7-12(2)10-14(13)17/h7-8,10,15-16,18H,3-6,9,11H2,1-2H3. The predicted molar refractivity (Wildman–Crippen MR) is 87.5 cm³/mol. The molecule has 1 aliphatic heterocycles. The molecule has 0 aromatic heterocycles. The van der Waals surface area contributed by atoms with E-state index in [0.717, 1.165) is 23.2 Å². The molecule has 3 heteroatoms. The lowest BCUT2D eigenvalue weighted by atomic mass is 9.98. The van der Waals surface area contributed by atoms with Gasteiger partial charge in [0.05, 0.1) is 0 Å². The number of likely N-dealkylation sites (N-methyl/N-ethyl adjacent to an activating group) is 1. The molecule has 2 rings (SSSR count). The third-order valence-corrected chi connectivity index (χ3v) is 5.65. The minimum atomic E-state index is 0.551. The van der Waals surface area contributed by atoms with Crippen LogP contribution in [0, 0.1) is 6.92 Å². The van der Waals surface area contributed by atoms with E-state index < -0.39 is 0 Å². The maximum Gasteiger partial charge on any atom is 0.0441 e. The Hall–Kier alpha value is -0.180. The van der Waals surface area contributed by atoms with Crippen LogP contribution in [-0.4, -0.2) is 23.6 Å².